The molecule has 0 spiro atoms. The summed E-state index contributed by atoms with van der Waals surface area (Å²) >= 11 is 0. The lowest BCUT2D eigenvalue weighted by Gasteiger charge is -2.69. The van der Waals surface area contributed by atoms with E-state index in [2.05, 4.69) is 51.5 Å². The van der Waals surface area contributed by atoms with Gasteiger partial charge in [-0.25, -0.2) is 5.84 Å². The SMILES string of the molecule is C=CC.CC1(C)C(O)CCC2(C)C1CCC1(C)C3CCC4(CCc5cccc(C(=O)NN)c5)CCCC4C3CCC12.NC=O. The van der Waals surface area contributed by atoms with Crippen molar-refractivity contribution in [3.8, 4) is 0 Å². The van der Waals surface area contributed by atoms with Gasteiger partial charge in [0.1, 0.15) is 0 Å². The fourth-order valence-electron chi connectivity index (χ4n) is 12.1. The monoisotopic (exact) mass is 607 g/mol. The molecule has 0 aromatic heterocycles. The first-order valence-electron chi connectivity index (χ1n) is 17.4. The van der Waals surface area contributed by atoms with Crippen LogP contribution < -0.4 is 17.0 Å². The number of carbonyl (C=O) groups excluding carboxylic acids is 2. The van der Waals surface area contributed by atoms with Gasteiger partial charge in [-0.2, -0.15) is 0 Å². The topological polar surface area (TPSA) is 118 Å². The van der Waals surface area contributed by atoms with Gasteiger partial charge >= 0.3 is 0 Å². The lowest BCUT2D eigenvalue weighted by atomic mass is 9.36. The third-order valence-corrected chi connectivity index (χ3v) is 13.9. The van der Waals surface area contributed by atoms with Crippen molar-refractivity contribution in [3.63, 3.8) is 0 Å². The molecule has 0 aliphatic heterocycles. The van der Waals surface area contributed by atoms with E-state index in [0.717, 1.165) is 36.5 Å². The fraction of sp³-hybridized carbons (Fsp3) is 0.737. The van der Waals surface area contributed by atoms with Crippen molar-refractivity contribution in [2.24, 2.45) is 62.8 Å². The second-order valence-electron chi connectivity index (χ2n) is 16.0. The van der Waals surface area contributed by atoms with E-state index >= 15 is 0 Å². The summed E-state index contributed by atoms with van der Waals surface area (Å²) in [7, 11) is 0. The smallest absolute Gasteiger partial charge is 0.265 e. The van der Waals surface area contributed by atoms with Crippen LogP contribution in [0.3, 0.4) is 0 Å². The van der Waals surface area contributed by atoms with Crippen LogP contribution in [0.15, 0.2) is 36.9 Å². The number of hydrogen-bond donors (Lipinski definition) is 4. The van der Waals surface area contributed by atoms with Gasteiger partial charge in [0.2, 0.25) is 6.41 Å². The summed E-state index contributed by atoms with van der Waals surface area (Å²) in [5.41, 5.74) is 9.77. The van der Waals surface area contributed by atoms with Gasteiger partial charge in [-0.15, -0.1) is 6.58 Å². The number of allylic oxidation sites excluding steroid dienone is 1. The van der Waals surface area contributed by atoms with Gasteiger partial charge in [-0.1, -0.05) is 52.3 Å². The Hall–Kier alpha value is -2.18. The number of hydrazine groups is 1. The maximum atomic E-state index is 12.1. The van der Waals surface area contributed by atoms with Gasteiger partial charge in [0.05, 0.1) is 6.10 Å². The summed E-state index contributed by atoms with van der Waals surface area (Å²) in [5, 5.41) is 10.9. The predicted octanol–water partition coefficient (Wildman–Crippen LogP) is 7.34. The van der Waals surface area contributed by atoms with Crippen LogP contribution in [0.1, 0.15) is 128 Å². The van der Waals surface area contributed by atoms with Gasteiger partial charge < -0.3 is 10.8 Å². The quantitative estimate of drug-likeness (QED) is 0.0941. The Morgan fingerprint density at radius 3 is 2.34 bits per heavy atom. The average Bonchev–Trinajstić information content (AvgIpc) is 3.43. The van der Waals surface area contributed by atoms with Gasteiger partial charge in [-0.05, 0) is 153 Å². The summed E-state index contributed by atoms with van der Waals surface area (Å²) in [6.07, 6.45) is 18.9. The molecule has 9 atom stereocenters. The normalized spacial score (nSPS) is 39.7. The number of nitrogens with one attached hydrogen (secondary N) is 1. The lowest BCUT2D eigenvalue weighted by molar-refractivity contribution is -0.214. The Balaban J connectivity index is 0.000000683. The number of aliphatic hydroxyl groups excluding tert-OH is 1. The number of carbonyl (C=O) groups is 2. The number of primary amides is 1. The summed E-state index contributed by atoms with van der Waals surface area (Å²) in [5.74, 6) is 9.30. The number of hydrogen-bond acceptors (Lipinski definition) is 4. The minimum atomic E-state index is -0.200. The van der Waals surface area contributed by atoms with Crippen LogP contribution in [0.2, 0.25) is 0 Å². The first-order chi connectivity index (χ1) is 20.9. The minimum absolute atomic E-state index is 0.0421. The van der Waals surface area contributed by atoms with Gasteiger partial charge in [0, 0.05) is 5.56 Å². The molecule has 5 aliphatic rings. The number of aryl methyl sites for hydroxylation is 1. The molecule has 2 amide bonds. The molecular weight excluding hydrogens is 546 g/mol. The minimum Gasteiger partial charge on any atom is -0.393 e. The highest BCUT2D eigenvalue weighted by atomic mass is 16.3. The molecule has 0 bridgehead atoms. The van der Waals surface area contributed by atoms with E-state index in [1.165, 1.54) is 76.2 Å². The first kappa shape index (κ1) is 34.7. The van der Waals surface area contributed by atoms with Gasteiger partial charge in [0.25, 0.3) is 5.91 Å². The number of aliphatic hydroxyl groups is 1. The van der Waals surface area contributed by atoms with E-state index in [-0.39, 0.29) is 23.8 Å². The zero-order chi connectivity index (χ0) is 32.3. The molecular formula is C38H61N3O3. The third kappa shape index (κ3) is 6.02. The molecule has 1 aromatic carbocycles. The van der Waals surface area contributed by atoms with E-state index in [1.807, 2.05) is 25.1 Å². The van der Waals surface area contributed by atoms with E-state index < -0.39 is 0 Å². The zero-order valence-corrected chi connectivity index (χ0v) is 28.2. The second-order valence-corrected chi connectivity index (χ2v) is 16.0. The Morgan fingerprint density at radius 2 is 1.66 bits per heavy atom. The summed E-state index contributed by atoms with van der Waals surface area (Å²) in [6.45, 7) is 15.3. The van der Waals surface area contributed by atoms with E-state index in [9.17, 15) is 9.90 Å². The Labute approximate surface area is 267 Å². The van der Waals surface area contributed by atoms with Crippen LogP contribution in [0.5, 0.6) is 0 Å². The van der Waals surface area contributed by atoms with Crippen LogP contribution in [0.25, 0.3) is 0 Å². The molecule has 6 N–H and O–H groups in total. The van der Waals surface area contributed by atoms with E-state index in [0.29, 0.717) is 27.7 Å². The molecule has 1 aromatic rings. The molecule has 0 heterocycles. The third-order valence-electron chi connectivity index (χ3n) is 13.9. The average molecular weight is 608 g/mol. The van der Waals surface area contributed by atoms with Crippen molar-refractivity contribution < 1.29 is 14.7 Å². The molecule has 6 nitrogen and oxygen atoms in total. The Bertz CT molecular complexity index is 1160. The van der Waals surface area contributed by atoms with Crippen molar-refractivity contribution in [3.05, 3.63) is 48.0 Å². The molecule has 5 fully saturated rings. The summed E-state index contributed by atoms with van der Waals surface area (Å²) < 4.78 is 0. The van der Waals surface area contributed by atoms with E-state index in [1.54, 1.807) is 6.08 Å². The molecule has 0 radical (unpaired) electrons. The van der Waals surface area contributed by atoms with Crippen molar-refractivity contribution in [2.75, 3.05) is 0 Å². The molecule has 5 saturated carbocycles. The maximum Gasteiger partial charge on any atom is 0.265 e. The molecule has 44 heavy (non-hydrogen) atoms. The van der Waals surface area contributed by atoms with Gasteiger partial charge in [0.15, 0.2) is 0 Å². The number of nitrogens with two attached hydrogens (primary N) is 2. The lowest BCUT2D eigenvalue weighted by Crippen LogP contribution is -2.63. The van der Waals surface area contributed by atoms with Crippen LogP contribution in [0.4, 0.5) is 0 Å². The first-order valence-corrected chi connectivity index (χ1v) is 17.4. The molecule has 9 unspecified atom stereocenters. The molecule has 6 rings (SSSR count). The van der Waals surface area contributed by atoms with Crippen molar-refractivity contribution >= 4 is 12.3 Å². The molecule has 246 valence electrons. The number of amides is 2. The highest BCUT2D eigenvalue weighted by molar-refractivity contribution is 5.93. The zero-order valence-electron chi connectivity index (χ0n) is 28.2. The second kappa shape index (κ2) is 13.7. The van der Waals surface area contributed by atoms with Crippen molar-refractivity contribution in [1.82, 2.24) is 5.43 Å². The number of nitrogen functional groups attached to an aromatic ring is 1. The number of rotatable bonds is 4. The summed E-state index contributed by atoms with van der Waals surface area (Å²) in [4.78, 5) is 20.7. The van der Waals surface area contributed by atoms with Crippen LogP contribution in [-0.4, -0.2) is 23.5 Å². The van der Waals surface area contributed by atoms with Gasteiger partial charge in [-0.3, -0.25) is 15.0 Å². The Morgan fingerprint density at radius 1 is 0.977 bits per heavy atom. The maximum absolute atomic E-state index is 12.1. The van der Waals surface area contributed by atoms with Crippen LogP contribution in [0, 0.1) is 51.2 Å². The summed E-state index contributed by atoms with van der Waals surface area (Å²) in [6, 6.07) is 8.09. The molecule has 0 saturated heterocycles. The number of fused-ring (bicyclic) bond motifs is 7. The van der Waals surface area contributed by atoms with Crippen LogP contribution >= 0.6 is 0 Å². The highest BCUT2D eigenvalue weighted by Gasteiger charge is 2.66. The predicted molar refractivity (Wildman–Crippen MR) is 179 cm³/mol. The highest BCUT2D eigenvalue weighted by Crippen LogP contribution is 2.73. The van der Waals surface area contributed by atoms with E-state index in [4.69, 9.17) is 10.6 Å². The standard InChI is InChI=1S/C34H52N2O2.C3H6.CH3NO/c1-31(2)27-14-17-32(3)25-13-20-34(19-12-22-7-5-8-23(21-22)30(38)36-35)16-6-9-26(34)24(25)10-11-28(32)33(27,4)18-15-29(31)37;1-3-2;2-1-3/h5,7-8,21,24-29,37H,6,9-20,35H2,1-4H3,(H,36,38);3H,1H2,2H3;1H,(H2,2,3). The molecule has 6 heteroatoms. The molecule has 5 aliphatic carbocycles. The fourth-order valence-corrected chi connectivity index (χ4v) is 12.1. The van der Waals surface area contributed by atoms with Crippen molar-refractivity contribution in [2.45, 2.75) is 124 Å². The number of benzene rings is 1. The largest absolute Gasteiger partial charge is 0.393 e. The van der Waals surface area contributed by atoms with Crippen LogP contribution in [-0.2, 0) is 11.2 Å². The van der Waals surface area contributed by atoms with Crippen molar-refractivity contribution in [1.29, 1.82) is 0 Å². The Kier molecular flexibility index (Phi) is 10.8.